The summed E-state index contributed by atoms with van der Waals surface area (Å²) in [4.78, 5) is 14.7. The van der Waals surface area contributed by atoms with Gasteiger partial charge in [0, 0.05) is 24.7 Å². The number of likely N-dealkylation sites (tertiary alicyclic amines) is 1. The predicted octanol–water partition coefficient (Wildman–Crippen LogP) is 2.46. The van der Waals surface area contributed by atoms with Gasteiger partial charge in [-0.2, -0.15) is 5.10 Å². The summed E-state index contributed by atoms with van der Waals surface area (Å²) in [5.74, 6) is 0.668. The van der Waals surface area contributed by atoms with Gasteiger partial charge < -0.3 is 10.2 Å². The molecule has 0 aliphatic carbocycles. The van der Waals surface area contributed by atoms with Crippen LogP contribution in [-0.2, 0) is 6.42 Å². The molecule has 2 aliphatic heterocycles. The molecule has 0 unspecified atom stereocenters. The molecule has 2 fully saturated rings. The molecular formula is C19H24N4O. The van der Waals surface area contributed by atoms with Crippen LogP contribution in [0.15, 0.2) is 30.3 Å². The minimum absolute atomic E-state index is 0.0649. The Morgan fingerprint density at radius 3 is 2.88 bits per heavy atom. The fraction of sp³-hybridized carbons (Fsp3) is 0.474. The number of carbonyl (C=O) groups excluding carboxylic acids is 1. The first kappa shape index (κ1) is 15.4. The van der Waals surface area contributed by atoms with Crippen molar-refractivity contribution in [2.24, 2.45) is 5.92 Å². The number of H-pyrrole nitrogens is 1. The van der Waals surface area contributed by atoms with E-state index in [2.05, 4.69) is 46.7 Å². The molecule has 3 heterocycles. The Morgan fingerprint density at radius 2 is 2.12 bits per heavy atom. The van der Waals surface area contributed by atoms with E-state index in [1.165, 1.54) is 18.4 Å². The van der Waals surface area contributed by atoms with Gasteiger partial charge in [0.2, 0.25) is 0 Å². The number of aromatic nitrogens is 2. The lowest BCUT2D eigenvalue weighted by atomic mass is 9.94. The van der Waals surface area contributed by atoms with Gasteiger partial charge in [-0.25, -0.2) is 0 Å². The Balaban J connectivity index is 1.48. The number of carbonyl (C=O) groups is 1. The zero-order valence-electron chi connectivity index (χ0n) is 14.1. The molecule has 0 bridgehead atoms. The minimum Gasteiger partial charge on any atom is -0.335 e. The minimum atomic E-state index is 0.0649. The Morgan fingerprint density at radius 1 is 1.29 bits per heavy atom. The molecule has 1 aromatic carbocycles. The van der Waals surface area contributed by atoms with E-state index in [4.69, 9.17) is 0 Å². The summed E-state index contributed by atoms with van der Waals surface area (Å²) in [6.07, 6.45) is 3.46. The molecule has 2 saturated heterocycles. The lowest BCUT2D eigenvalue weighted by Gasteiger charge is -2.24. The number of nitrogens with one attached hydrogen (secondary N) is 2. The van der Waals surface area contributed by atoms with Crippen LogP contribution in [-0.4, -0.2) is 46.7 Å². The molecule has 4 rings (SSSR count). The highest BCUT2D eigenvalue weighted by atomic mass is 16.2. The Bertz CT molecular complexity index is 707. The highest BCUT2D eigenvalue weighted by molar-refractivity contribution is 5.93. The quantitative estimate of drug-likeness (QED) is 0.912. The first-order valence-corrected chi connectivity index (χ1v) is 8.92. The summed E-state index contributed by atoms with van der Waals surface area (Å²) in [6, 6.07) is 10.7. The first-order valence-electron chi connectivity index (χ1n) is 8.92. The second-order valence-corrected chi connectivity index (χ2v) is 6.89. The van der Waals surface area contributed by atoms with Crippen molar-refractivity contribution in [3.8, 4) is 11.3 Å². The second kappa shape index (κ2) is 6.40. The van der Waals surface area contributed by atoms with Crippen molar-refractivity contribution in [3.63, 3.8) is 0 Å². The summed E-state index contributed by atoms with van der Waals surface area (Å²) < 4.78 is 0. The second-order valence-electron chi connectivity index (χ2n) is 6.89. The van der Waals surface area contributed by atoms with Crippen LogP contribution in [0.5, 0.6) is 0 Å². The molecule has 1 amide bonds. The maximum Gasteiger partial charge on any atom is 0.271 e. The number of aryl methyl sites for hydroxylation is 1. The highest BCUT2D eigenvalue weighted by Crippen LogP contribution is 2.26. The predicted molar refractivity (Wildman–Crippen MR) is 93.8 cm³/mol. The SMILES string of the molecule is CCc1ccc(-c2cc(C(=O)N3C[C@H]4CCCN[C@H]4C3)[nH]n2)cc1. The molecule has 24 heavy (non-hydrogen) atoms. The third-order valence-corrected chi connectivity index (χ3v) is 5.35. The zero-order chi connectivity index (χ0) is 16.5. The molecule has 2 aliphatic rings. The van der Waals surface area contributed by atoms with Crippen molar-refractivity contribution in [3.05, 3.63) is 41.6 Å². The van der Waals surface area contributed by atoms with E-state index in [0.717, 1.165) is 37.3 Å². The van der Waals surface area contributed by atoms with Gasteiger partial charge in [0.1, 0.15) is 5.69 Å². The molecular weight excluding hydrogens is 300 g/mol. The number of rotatable bonds is 3. The van der Waals surface area contributed by atoms with Gasteiger partial charge in [0.05, 0.1) is 5.69 Å². The fourth-order valence-electron chi connectivity index (χ4n) is 3.87. The molecule has 126 valence electrons. The maximum absolute atomic E-state index is 12.8. The topological polar surface area (TPSA) is 61.0 Å². The number of amides is 1. The fourth-order valence-corrected chi connectivity index (χ4v) is 3.87. The molecule has 1 aromatic heterocycles. The van der Waals surface area contributed by atoms with Crippen LogP contribution >= 0.6 is 0 Å². The Labute approximate surface area is 142 Å². The summed E-state index contributed by atoms with van der Waals surface area (Å²) >= 11 is 0. The standard InChI is InChI=1S/C19H24N4O/c1-2-13-5-7-14(8-6-13)16-10-17(22-21-16)19(24)23-11-15-4-3-9-20-18(15)12-23/h5-8,10,15,18,20H,2-4,9,11-12H2,1H3,(H,21,22)/t15-,18+/m1/s1. The maximum atomic E-state index is 12.8. The van der Waals surface area contributed by atoms with E-state index in [1.54, 1.807) is 0 Å². The number of piperidine rings is 1. The number of nitrogens with zero attached hydrogens (tertiary/aromatic N) is 2. The third-order valence-electron chi connectivity index (χ3n) is 5.35. The number of aromatic amines is 1. The van der Waals surface area contributed by atoms with Gasteiger partial charge in [-0.15, -0.1) is 0 Å². The molecule has 2 atom stereocenters. The summed E-state index contributed by atoms with van der Waals surface area (Å²) in [7, 11) is 0. The van der Waals surface area contributed by atoms with Gasteiger partial charge in [0.15, 0.2) is 0 Å². The molecule has 2 N–H and O–H groups in total. The Kier molecular flexibility index (Phi) is 4.10. The van der Waals surface area contributed by atoms with Gasteiger partial charge in [-0.05, 0) is 43.4 Å². The van der Waals surface area contributed by atoms with Crippen molar-refractivity contribution < 1.29 is 4.79 Å². The molecule has 2 aromatic rings. The van der Waals surface area contributed by atoms with Crippen LogP contribution in [0.4, 0.5) is 0 Å². The molecule has 0 saturated carbocycles. The van der Waals surface area contributed by atoms with E-state index < -0.39 is 0 Å². The Hall–Kier alpha value is -2.14. The third kappa shape index (κ3) is 2.84. The van der Waals surface area contributed by atoms with Gasteiger partial charge >= 0.3 is 0 Å². The number of fused-ring (bicyclic) bond motifs is 1. The van der Waals surface area contributed by atoms with E-state index >= 15 is 0 Å². The summed E-state index contributed by atoms with van der Waals surface area (Å²) in [5, 5.41) is 10.8. The lowest BCUT2D eigenvalue weighted by molar-refractivity contribution is 0.0780. The van der Waals surface area contributed by atoms with Crippen molar-refractivity contribution in [1.29, 1.82) is 0 Å². The zero-order valence-corrected chi connectivity index (χ0v) is 14.1. The van der Waals surface area contributed by atoms with E-state index in [0.29, 0.717) is 17.7 Å². The van der Waals surface area contributed by atoms with Crippen molar-refractivity contribution in [2.45, 2.75) is 32.2 Å². The van der Waals surface area contributed by atoms with Crippen LogP contribution in [0.2, 0.25) is 0 Å². The average molecular weight is 324 g/mol. The summed E-state index contributed by atoms with van der Waals surface area (Å²) in [6.45, 7) is 4.88. The van der Waals surface area contributed by atoms with Crippen molar-refractivity contribution >= 4 is 5.91 Å². The van der Waals surface area contributed by atoms with E-state index in [1.807, 2.05) is 11.0 Å². The van der Waals surface area contributed by atoms with Crippen LogP contribution in [0.3, 0.4) is 0 Å². The number of benzene rings is 1. The number of hydrogen-bond acceptors (Lipinski definition) is 3. The number of hydrogen-bond donors (Lipinski definition) is 2. The van der Waals surface area contributed by atoms with Crippen LogP contribution in [0.25, 0.3) is 11.3 Å². The largest absolute Gasteiger partial charge is 0.335 e. The van der Waals surface area contributed by atoms with Crippen molar-refractivity contribution in [1.82, 2.24) is 20.4 Å². The van der Waals surface area contributed by atoms with Crippen molar-refractivity contribution in [2.75, 3.05) is 19.6 Å². The normalized spacial score (nSPS) is 23.3. The highest BCUT2D eigenvalue weighted by Gasteiger charge is 2.37. The van der Waals surface area contributed by atoms with Crippen LogP contribution < -0.4 is 5.32 Å². The van der Waals surface area contributed by atoms with Crippen LogP contribution in [0, 0.1) is 5.92 Å². The van der Waals surface area contributed by atoms with Gasteiger partial charge in [-0.3, -0.25) is 9.89 Å². The molecule has 5 heteroatoms. The van der Waals surface area contributed by atoms with Gasteiger partial charge in [0.25, 0.3) is 5.91 Å². The molecule has 0 spiro atoms. The molecule has 0 radical (unpaired) electrons. The van der Waals surface area contributed by atoms with Gasteiger partial charge in [-0.1, -0.05) is 31.2 Å². The van der Waals surface area contributed by atoms with Crippen LogP contribution in [0.1, 0.15) is 35.8 Å². The average Bonchev–Trinajstić information content (AvgIpc) is 3.28. The first-order chi connectivity index (χ1) is 11.7. The van der Waals surface area contributed by atoms with E-state index in [-0.39, 0.29) is 5.91 Å². The smallest absolute Gasteiger partial charge is 0.271 e. The van der Waals surface area contributed by atoms with E-state index in [9.17, 15) is 4.79 Å². The monoisotopic (exact) mass is 324 g/mol. The lowest BCUT2D eigenvalue weighted by Crippen LogP contribution is -2.41. The summed E-state index contributed by atoms with van der Waals surface area (Å²) in [5.41, 5.74) is 3.76. The molecule has 5 nitrogen and oxygen atoms in total.